The minimum atomic E-state index is -5.43. The first-order valence-corrected chi connectivity index (χ1v) is 17.3. The van der Waals surface area contributed by atoms with Crippen LogP contribution in [-0.2, 0) is 36.5 Å². The molecule has 0 saturated heterocycles. The summed E-state index contributed by atoms with van der Waals surface area (Å²) in [4.78, 5) is -0.379. The van der Waals surface area contributed by atoms with E-state index < -0.39 is 20.4 Å². The Bertz CT molecular complexity index is 1450. The van der Waals surface area contributed by atoms with Gasteiger partial charge < -0.3 is 19.1 Å². The second-order valence-corrected chi connectivity index (χ2v) is 14.3. The SMILES string of the molecule is C=C(O)C[N+](CCOC)(CCOC)Cc1ccc(C(CC)CC(C#N)CC(C)c2ccc(S(=O)(=O)NS(=O)(=O)F)cc2)cc1. The van der Waals surface area contributed by atoms with Crippen LogP contribution in [0.4, 0.5) is 3.89 Å². The number of aliphatic hydroxyl groups is 1. The highest BCUT2D eigenvalue weighted by Crippen LogP contribution is 2.33. The van der Waals surface area contributed by atoms with Crippen molar-refractivity contribution in [1.82, 2.24) is 4.13 Å². The fraction of sp³-hybridized carbons (Fsp3) is 0.516. The van der Waals surface area contributed by atoms with Gasteiger partial charge in [0.05, 0.1) is 24.2 Å². The molecule has 10 nitrogen and oxygen atoms in total. The molecule has 2 rings (SSSR count). The lowest BCUT2D eigenvalue weighted by atomic mass is 9.82. The first-order valence-electron chi connectivity index (χ1n) is 14.4. The summed E-state index contributed by atoms with van der Waals surface area (Å²) in [6.07, 6.45) is 2.03. The van der Waals surface area contributed by atoms with Gasteiger partial charge >= 0.3 is 10.4 Å². The third kappa shape index (κ3) is 11.9. The topological polar surface area (TPSA) is 143 Å². The Balaban J connectivity index is 2.14. The van der Waals surface area contributed by atoms with E-state index in [9.17, 15) is 31.1 Å². The molecule has 2 N–H and O–H groups in total. The Morgan fingerprint density at radius 3 is 2.00 bits per heavy atom. The third-order valence-electron chi connectivity index (χ3n) is 7.88. The van der Waals surface area contributed by atoms with Crippen LogP contribution < -0.4 is 4.13 Å². The molecule has 0 spiro atoms. The zero-order valence-electron chi connectivity index (χ0n) is 25.9. The van der Waals surface area contributed by atoms with E-state index in [4.69, 9.17) is 9.47 Å². The molecule has 0 aromatic heterocycles. The minimum Gasteiger partial charge on any atom is -0.507 e. The van der Waals surface area contributed by atoms with Crippen LogP contribution in [-0.4, -0.2) is 73.5 Å². The average Bonchev–Trinajstić information content (AvgIpc) is 2.96. The van der Waals surface area contributed by atoms with E-state index in [-0.39, 0.29) is 28.4 Å². The number of ether oxygens (including phenoxy) is 2. The molecule has 0 aliphatic rings. The molecule has 0 amide bonds. The molecule has 44 heavy (non-hydrogen) atoms. The van der Waals surface area contributed by atoms with Crippen molar-refractivity contribution in [2.45, 2.75) is 56.4 Å². The molecular weight excluding hydrogens is 609 g/mol. The maximum atomic E-state index is 12.9. The third-order valence-corrected chi connectivity index (χ3v) is 10.4. The molecule has 0 aliphatic heterocycles. The van der Waals surface area contributed by atoms with Crippen molar-refractivity contribution >= 4 is 20.4 Å². The lowest BCUT2D eigenvalue weighted by Crippen LogP contribution is -2.52. The van der Waals surface area contributed by atoms with Crippen LogP contribution >= 0.6 is 0 Å². The van der Waals surface area contributed by atoms with Gasteiger partial charge in [0.2, 0.25) is 0 Å². The Morgan fingerprint density at radius 1 is 1.00 bits per heavy atom. The largest absolute Gasteiger partial charge is 0.507 e. The monoisotopic (exact) mass is 654 g/mol. The van der Waals surface area contributed by atoms with Gasteiger partial charge in [0, 0.05) is 25.7 Å². The number of methoxy groups -OCH3 is 2. The molecule has 2 aromatic carbocycles. The van der Waals surface area contributed by atoms with E-state index in [0.29, 0.717) is 56.7 Å². The number of aliphatic hydroxyl groups excluding tert-OH is 1. The van der Waals surface area contributed by atoms with Crippen LogP contribution in [0.1, 0.15) is 61.6 Å². The van der Waals surface area contributed by atoms with Gasteiger partial charge in [-0.15, -0.1) is 0 Å². The molecule has 0 aliphatic carbocycles. The van der Waals surface area contributed by atoms with Crippen LogP contribution in [0.5, 0.6) is 0 Å². The molecule has 3 atom stereocenters. The fourth-order valence-electron chi connectivity index (χ4n) is 5.52. The standard InChI is InChI=1S/C31H44FN3O7S2/c1-6-28(30-9-7-26(8-10-30)23-35(15-17-41-4,16-18-42-5)22-25(3)36)20-27(21-33)19-24(2)29-11-13-31(14-12-29)43(37,38)34-44(32,39)40/h7-14,24,27-28,34H,3,6,15-20,22-23H2,1-2,4-5H3/p+1. The summed E-state index contributed by atoms with van der Waals surface area (Å²) in [5.74, 6) is -0.0812. The summed E-state index contributed by atoms with van der Waals surface area (Å²) in [6, 6.07) is 16.3. The van der Waals surface area contributed by atoms with Crippen molar-refractivity contribution in [2.75, 3.05) is 47.1 Å². The quantitative estimate of drug-likeness (QED) is 0.114. The Morgan fingerprint density at radius 2 is 1.55 bits per heavy atom. The molecule has 244 valence electrons. The Kier molecular flexibility index (Phi) is 14.4. The summed E-state index contributed by atoms with van der Waals surface area (Å²) in [5.41, 5.74) is 3.01. The number of quaternary nitrogens is 1. The first kappa shape index (κ1) is 37.3. The van der Waals surface area contributed by atoms with Gasteiger partial charge in [-0.3, -0.25) is 0 Å². The molecule has 0 heterocycles. The highest BCUT2D eigenvalue weighted by atomic mass is 32.3. The summed E-state index contributed by atoms with van der Waals surface area (Å²) >= 11 is 0. The van der Waals surface area contributed by atoms with Crippen LogP contribution in [0.3, 0.4) is 0 Å². The Labute approximate surface area is 262 Å². The summed E-state index contributed by atoms with van der Waals surface area (Å²) in [7, 11) is -6.68. The van der Waals surface area contributed by atoms with Crippen molar-refractivity contribution < 1.29 is 39.8 Å². The predicted octanol–water partition coefficient (Wildman–Crippen LogP) is 5.08. The van der Waals surface area contributed by atoms with Crippen LogP contribution in [0.2, 0.25) is 0 Å². The summed E-state index contributed by atoms with van der Waals surface area (Å²) < 4.78 is 70.7. The van der Waals surface area contributed by atoms with Crippen molar-refractivity contribution in [3.63, 3.8) is 0 Å². The van der Waals surface area contributed by atoms with E-state index >= 15 is 0 Å². The smallest absolute Gasteiger partial charge is 0.385 e. The fourth-order valence-corrected chi connectivity index (χ4v) is 7.45. The van der Waals surface area contributed by atoms with E-state index in [0.717, 1.165) is 27.2 Å². The summed E-state index contributed by atoms with van der Waals surface area (Å²) in [6.45, 7) is 11.3. The maximum absolute atomic E-state index is 12.9. The second-order valence-electron chi connectivity index (χ2n) is 11.3. The zero-order valence-corrected chi connectivity index (χ0v) is 27.5. The second kappa shape index (κ2) is 17.0. The Hall–Kier alpha value is -2.86. The van der Waals surface area contributed by atoms with Crippen molar-refractivity contribution in [1.29, 1.82) is 5.26 Å². The number of hydrogen-bond donors (Lipinski definition) is 2. The van der Waals surface area contributed by atoms with Crippen molar-refractivity contribution in [3.8, 4) is 6.07 Å². The molecule has 0 radical (unpaired) electrons. The number of sulfonamides is 1. The first-order chi connectivity index (χ1) is 20.7. The van der Waals surface area contributed by atoms with Crippen molar-refractivity contribution in [3.05, 3.63) is 77.6 Å². The maximum Gasteiger partial charge on any atom is 0.385 e. The molecule has 0 bridgehead atoms. The lowest BCUT2D eigenvalue weighted by molar-refractivity contribution is -0.938. The van der Waals surface area contributed by atoms with Gasteiger partial charge in [-0.05, 0) is 54.4 Å². The van der Waals surface area contributed by atoms with Gasteiger partial charge in [-0.2, -0.15) is 13.7 Å². The number of halogens is 1. The number of nitrogens with one attached hydrogen (secondary N) is 1. The highest BCUT2D eigenvalue weighted by molar-refractivity contribution is 8.02. The molecule has 2 aromatic rings. The number of benzene rings is 2. The molecule has 0 saturated carbocycles. The van der Waals surface area contributed by atoms with E-state index in [2.05, 4.69) is 43.8 Å². The molecule has 13 heteroatoms. The van der Waals surface area contributed by atoms with Crippen LogP contribution in [0.15, 0.2) is 65.8 Å². The van der Waals surface area contributed by atoms with Gasteiger partial charge in [0.15, 0.2) is 0 Å². The molecule has 0 fully saturated rings. The predicted molar refractivity (Wildman–Crippen MR) is 167 cm³/mol. The highest BCUT2D eigenvalue weighted by Gasteiger charge is 2.29. The normalized spacial score (nSPS) is 14.5. The minimum absolute atomic E-state index is 0.0829. The molecular formula is C31H45FN3O7S2+. The van der Waals surface area contributed by atoms with Gasteiger partial charge in [0.25, 0.3) is 10.0 Å². The number of nitrogens with zero attached hydrogens (tertiary/aromatic N) is 2. The van der Waals surface area contributed by atoms with Gasteiger partial charge in [-0.1, -0.05) is 64.8 Å². The lowest BCUT2D eigenvalue weighted by Gasteiger charge is -2.38. The number of rotatable bonds is 20. The van der Waals surface area contributed by atoms with Gasteiger partial charge in [0.1, 0.15) is 31.9 Å². The average molecular weight is 655 g/mol. The van der Waals surface area contributed by atoms with E-state index in [1.807, 2.05) is 6.92 Å². The number of hydrogen-bond acceptors (Lipinski definition) is 8. The van der Waals surface area contributed by atoms with Crippen LogP contribution in [0, 0.1) is 17.2 Å². The summed E-state index contributed by atoms with van der Waals surface area (Å²) in [5, 5.41) is 20.0. The number of nitriles is 1. The zero-order chi connectivity index (χ0) is 33.0. The van der Waals surface area contributed by atoms with E-state index in [1.165, 1.54) is 12.1 Å². The molecule has 3 unspecified atom stereocenters. The van der Waals surface area contributed by atoms with Crippen LogP contribution in [0.25, 0.3) is 0 Å². The van der Waals surface area contributed by atoms with E-state index in [1.54, 1.807) is 26.4 Å². The van der Waals surface area contributed by atoms with Gasteiger partial charge in [-0.25, -0.2) is 8.42 Å². The van der Waals surface area contributed by atoms with Crippen molar-refractivity contribution in [2.24, 2.45) is 5.92 Å².